The number of carbonyl (C=O) groups is 1. The van der Waals surface area contributed by atoms with Gasteiger partial charge in [-0.2, -0.15) is 4.31 Å². The molecule has 7 heteroatoms. The Morgan fingerprint density at radius 2 is 1.70 bits per heavy atom. The second kappa shape index (κ2) is 8.69. The van der Waals surface area contributed by atoms with E-state index in [-0.39, 0.29) is 22.3 Å². The molecule has 5 nitrogen and oxygen atoms in total. The van der Waals surface area contributed by atoms with Crippen molar-refractivity contribution in [1.82, 2.24) is 9.62 Å². The van der Waals surface area contributed by atoms with E-state index in [1.807, 2.05) is 19.1 Å². The second-order valence-corrected chi connectivity index (χ2v) is 11.2. The van der Waals surface area contributed by atoms with Crippen LogP contribution in [-0.2, 0) is 20.2 Å². The summed E-state index contributed by atoms with van der Waals surface area (Å²) >= 11 is 5.88. The van der Waals surface area contributed by atoms with Crippen LogP contribution in [0.3, 0.4) is 0 Å². The number of amides is 1. The molecule has 1 fully saturated rings. The summed E-state index contributed by atoms with van der Waals surface area (Å²) < 4.78 is 27.4. The molecule has 2 aromatic rings. The fourth-order valence-corrected chi connectivity index (χ4v) is 5.48. The van der Waals surface area contributed by atoms with E-state index in [4.69, 9.17) is 11.6 Å². The van der Waals surface area contributed by atoms with E-state index in [0.29, 0.717) is 24.4 Å². The topological polar surface area (TPSA) is 66.5 Å². The molecule has 1 N–H and O–H groups in total. The predicted molar refractivity (Wildman–Crippen MR) is 120 cm³/mol. The highest BCUT2D eigenvalue weighted by atomic mass is 35.5. The summed E-state index contributed by atoms with van der Waals surface area (Å²) in [4.78, 5) is 13.1. The summed E-state index contributed by atoms with van der Waals surface area (Å²) in [6.07, 6.45) is 1.16. The van der Waals surface area contributed by atoms with E-state index in [2.05, 4.69) is 38.2 Å². The fourth-order valence-electron chi connectivity index (χ4n) is 3.70. The first kappa shape index (κ1) is 22.8. The first-order valence-electron chi connectivity index (χ1n) is 10.2. The first-order valence-corrected chi connectivity index (χ1v) is 12.0. The Bertz CT molecular complexity index is 996. The second-order valence-electron chi connectivity index (χ2n) is 8.83. The van der Waals surface area contributed by atoms with Gasteiger partial charge in [0.25, 0.3) is 0 Å². The molecule has 0 radical (unpaired) electrons. The number of sulfonamides is 1. The molecule has 1 aliphatic heterocycles. The SMILES string of the molecule is C[C@H](NC(=O)[C@H]1CCCN1S(=O)(=O)c1ccc(Cl)cc1)c1ccc(C(C)(C)C)cc1. The number of nitrogens with one attached hydrogen (secondary N) is 1. The molecule has 1 aliphatic rings. The average Bonchev–Trinajstić information content (AvgIpc) is 3.18. The smallest absolute Gasteiger partial charge is 0.243 e. The minimum Gasteiger partial charge on any atom is -0.348 e. The summed E-state index contributed by atoms with van der Waals surface area (Å²) in [7, 11) is -3.76. The number of benzene rings is 2. The quantitative estimate of drug-likeness (QED) is 0.722. The van der Waals surface area contributed by atoms with Gasteiger partial charge in [-0.3, -0.25) is 4.79 Å². The van der Waals surface area contributed by atoms with Gasteiger partial charge in [-0.1, -0.05) is 56.6 Å². The third-order valence-electron chi connectivity index (χ3n) is 5.56. The van der Waals surface area contributed by atoms with Crippen LogP contribution in [0.15, 0.2) is 53.4 Å². The van der Waals surface area contributed by atoms with E-state index in [0.717, 1.165) is 5.56 Å². The summed E-state index contributed by atoms with van der Waals surface area (Å²) in [5, 5.41) is 3.46. The van der Waals surface area contributed by atoms with Gasteiger partial charge in [0.1, 0.15) is 6.04 Å². The van der Waals surface area contributed by atoms with Gasteiger partial charge in [-0.25, -0.2) is 8.42 Å². The van der Waals surface area contributed by atoms with Crippen LogP contribution >= 0.6 is 11.6 Å². The Labute approximate surface area is 184 Å². The first-order chi connectivity index (χ1) is 14.0. The zero-order valence-electron chi connectivity index (χ0n) is 17.9. The molecule has 0 aromatic heterocycles. The molecule has 162 valence electrons. The highest BCUT2D eigenvalue weighted by molar-refractivity contribution is 7.89. The summed E-state index contributed by atoms with van der Waals surface area (Å²) in [6, 6.07) is 13.3. The lowest BCUT2D eigenvalue weighted by atomic mass is 9.86. The number of rotatable bonds is 5. The molecule has 1 heterocycles. The molecule has 3 rings (SSSR count). The molecule has 0 unspecified atom stereocenters. The van der Waals surface area contributed by atoms with Crippen LogP contribution in [0.25, 0.3) is 0 Å². The van der Waals surface area contributed by atoms with Crippen LogP contribution in [0.1, 0.15) is 57.7 Å². The molecule has 1 saturated heterocycles. The number of nitrogens with zero attached hydrogens (tertiary/aromatic N) is 1. The van der Waals surface area contributed by atoms with Gasteiger partial charge in [-0.05, 0) is 60.6 Å². The molecular formula is C23H29ClN2O3S. The highest BCUT2D eigenvalue weighted by Gasteiger charge is 2.39. The lowest BCUT2D eigenvalue weighted by molar-refractivity contribution is -0.124. The summed E-state index contributed by atoms with van der Waals surface area (Å²) in [5.41, 5.74) is 2.27. The van der Waals surface area contributed by atoms with E-state index in [1.165, 1.54) is 22.0 Å². The normalized spacial score (nSPS) is 18.9. The van der Waals surface area contributed by atoms with Gasteiger partial charge in [0, 0.05) is 11.6 Å². The van der Waals surface area contributed by atoms with Crippen molar-refractivity contribution in [1.29, 1.82) is 0 Å². The molecule has 2 atom stereocenters. The Hall–Kier alpha value is -1.89. The maximum Gasteiger partial charge on any atom is 0.243 e. The molecule has 0 saturated carbocycles. The molecule has 0 aliphatic carbocycles. The maximum atomic E-state index is 13.1. The number of halogens is 1. The lowest BCUT2D eigenvalue weighted by Crippen LogP contribution is -2.46. The monoisotopic (exact) mass is 448 g/mol. The zero-order valence-corrected chi connectivity index (χ0v) is 19.4. The van der Waals surface area contributed by atoms with Crippen molar-refractivity contribution in [3.05, 3.63) is 64.7 Å². The fraction of sp³-hybridized carbons (Fsp3) is 0.435. The predicted octanol–water partition coefficient (Wildman–Crippen LogP) is 4.67. The molecular weight excluding hydrogens is 420 g/mol. The van der Waals surface area contributed by atoms with Gasteiger partial charge < -0.3 is 5.32 Å². The van der Waals surface area contributed by atoms with Crippen LogP contribution in [0.2, 0.25) is 5.02 Å². The van der Waals surface area contributed by atoms with Crippen molar-refractivity contribution in [3.8, 4) is 0 Å². The van der Waals surface area contributed by atoms with Crippen molar-refractivity contribution in [2.75, 3.05) is 6.54 Å². The molecule has 1 amide bonds. The van der Waals surface area contributed by atoms with Crippen LogP contribution in [0.4, 0.5) is 0 Å². The Morgan fingerprint density at radius 3 is 2.27 bits per heavy atom. The van der Waals surface area contributed by atoms with Gasteiger partial charge >= 0.3 is 0 Å². The van der Waals surface area contributed by atoms with Gasteiger partial charge in [-0.15, -0.1) is 0 Å². The molecule has 30 heavy (non-hydrogen) atoms. The highest BCUT2D eigenvalue weighted by Crippen LogP contribution is 2.28. The minimum absolute atomic E-state index is 0.0609. The zero-order chi connectivity index (χ0) is 22.1. The Kier molecular flexibility index (Phi) is 6.60. The average molecular weight is 449 g/mol. The van der Waals surface area contributed by atoms with Crippen molar-refractivity contribution in [3.63, 3.8) is 0 Å². The number of carbonyl (C=O) groups excluding carboxylic acids is 1. The number of hydrogen-bond donors (Lipinski definition) is 1. The van der Waals surface area contributed by atoms with Crippen LogP contribution in [-0.4, -0.2) is 31.2 Å². The van der Waals surface area contributed by atoms with Gasteiger partial charge in [0.05, 0.1) is 10.9 Å². The van der Waals surface area contributed by atoms with Crippen LogP contribution < -0.4 is 5.32 Å². The third-order valence-corrected chi connectivity index (χ3v) is 7.74. The summed E-state index contributed by atoms with van der Waals surface area (Å²) in [5.74, 6) is -0.266. The van der Waals surface area contributed by atoms with Gasteiger partial charge in [0.2, 0.25) is 15.9 Å². The largest absolute Gasteiger partial charge is 0.348 e. The Morgan fingerprint density at radius 1 is 1.10 bits per heavy atom. The third kappa shape index (κ3) is 4.88. The van der Waals surface area contributed by atoms with E-state index in [1.54, 1.807) is 12.1 Å². The number of hydrogen-bond acceptors (Lipinski definition) is 3. The molecule has 2 aromatic carbocycles. The van der Waals surface area contributed by atoms with Crippen molar-refractivity contribution < 1.29 is 13.2 Å². The van der Waals surface area contributed by atoms with E-state index >= 15 is 0 Å². The van der Waals surface area contributed by atoms with Crippen molar-refractivity contribution >= 4 is 27.5 Å². The Balaban J connectivity index is 1.73. The van der Waals surface area contributed by atoms with Gasteiger partial charge in [0.15, 0.2) is 0 Å². The standard InChI is InChI=1S/C23H29ClN2O3S/c1-16(17-7-9-18(10-8-17)23(2,3)4)25-22(27)21-6-5-15-26(21)30(28,29)20-13-11-19(24)12-14-20/h7-14,16,21H,5-6,15H2,1-4H3,(H,25,27)/t16-,21+/m0/s1. The van der Waals surface area contributed by atoms with E-state index in [9.17, 15) is 13.2 Å². The molecule has 0 bridgehead atoms. The minimum atomic E-state index is -3.76. The molecule has 0 spiro atoms. The van der Waals surface area contributed by atoms with E-state index < -0.39 is 16.1 Å². The maximum absolute atomic E-state index is 13.1. The summed E-state index contributed by atoms with van der Waals surface area (Å²) in [6.45, 7) is 8.71. The lowest BCUT2D eigenvalue weighted by Gasteiger charge is -2.25. The van der Waals surface area contributed by atoms with Crippen molar-refractivity contribution in [2.24, 2.45) is 0 Å². The van der Waals surface area contributed by atoms with Crippen LogP contribution in [0.5, 0.6) is 0 Å². The van der Waals surface area contributed by atoms with Crippen LogP contribution in [0, 0.1) is 0 Å². The van der Waals surface area contributed by atoms with Crippen molar-refractivity contribution in [2.45, 2.75) is 62.9 Å².